The van der Waals surface area contributed by atoms with Crippen LogP contribution in [0.1, 0.15) is 50.4 Å². The Balaban J connectivity index is 1.67. The van der Waals surface area contributed by atoms with E-state index in [2.05, 4.69) is 30.6 Å². The molecule has 1 aliphatic rings. The number of aryl methyl sites for hydroxylation is 2. The zero-order valence-corrected chi connectivity index (χ0v) is 17.0. The maximum atomic E-state index is 12.5. The van der Waals surface area contributed by atoms with E-state index in [0.717, 1.165) is 42.5 Å². The highest BCUT2D eigenvalue weighted by atomic mass is 32.2. The van der Waals surface area contributed by atoms with Crippen LogP contribution in [0.5, 0.6) is 0 Å². The van der Waals surface area contributed by atoms with Gasteiger partial charge in [0.2, 0.25) is 10.0 Å². The van der Waals surface area contributed by atoms with Gasteiger partial charge in [-0.3, -0.25) is 4.79 Å². The van der Waals surface area contributed by atoms with Crippen LogP contribution in [0.3, 0.4) is 0 Å². The SMILES string of the molecule is CC(C)(C)c1ccc(S(=O)(=O)NCCn2nc3c(cc2=O)CCCC3)cc1. The molecule has 7 heteroatoms. The number of hydrogen-bond donors (Lipinski definition) is 1. The Labute approximate surface area is 160 Å². The zero-order valence-electron chi connectivity index (χ0n) is 16.2. The van der Waals surface area contributed by atoms with Crippen LogP contribution >= 0.6 is 0 Å². The molecule has 3 rings (SSSR count). The number of rotatable bonds is 5. The van der Waals surface area contributed by atoms with Crippen molar-refractivity contribution in [3.63, 3.8) is 0 Å². The molecule has 146 valence electrons. The number of sulfonamides is 1. The van der Waals surface area contributed by atoms with E-state index < -0.39 is 10.0 Å². The van der Waals surface area contributed by atoms with Gasteiger partial charge < -0.3 is 0 Å². The minimum absolute atomic E-state index is 0.0327. The maximum Gasteiger partial charge on any atom is 0.267 e. The zero-order chi connectivity index (χ0) is 19.7. The number of aromatic nitrogens is 2. The summed E-state index contributed by atoms with van der Waals surface area (Å²) in [6.07, 6.45) is 3.94. The van der Waals surface area contributed by atoms with Crippen molar-refractivity contribution in [2.45, 2.75) is 63.3 Å². The Hall–Kier alpha value is -1.99. The van der Waals surface area contributed by atoms with Gasteiger partial charge in [-0.2, -0.15) is 5.10 Å². The summed E-state index contributed by atoms with van der Waals surface area (Å²) in [6, 6.07) is 8.55. The number of nitrogens with one attached hydrogen (secondary N) is 1. The van der Waals surface area contributed by atoms with Crippen molar-refractivity contribution in [2.24, 2.45) is 0 Å². The van der Waals surface area contributed by atoms with Crippen LogP contribution in [0.25, 0.3) is 0 Å². The van der Waals surface area contributed by atoms with E-state index in [9.17, 15) is 13.2 Å². The number of benzene rings is 1. The van der Waals surface area contributed by atoms with Gasteiger partial charge in [-0.15, -0.1) is 0 Å². The van der Waals surface area contributed by atoms with Crippen LogP contribution in [-0.2, 0) is 34.8 Å². The molecule has 27 heavy (non-hydrogen) atoms. The molecule has 0 amide bonds. The quantitative estimate of drug-likeness (QED) is 0.851. The van der Waals surface area contributed by atoms with Gasteiger partial charge in [0.05, 0.1) is 17.1 Å². The summed E-state index contributed by atoms with van der Waals surface area (Å²) in [5.74, 6) is 0. The molecule has 0 atom stereocenters. The van der Waals surface area contributed by atoms with Gasteiger partial charge in [0.15, 0.2) is 0 Å². The molecule has 0 fully saturated rings. The molecular formula is C20H27N3O3S. The predicted octanol–water partition coefficient (Wildman–Crippen LogP) is 2.40. The van der Waals surface area contributed by atoms with Crippen LogP contribution in [-0.4, -0.2) is 24.7 Å². The molecule has 0 unspecified atom stereocenters. The lowest BCUT2D eigenvalue weighted by atomic mass is 9.87. The van der Waals surface area contributed by atoms with E-state index >= 15 is 0 Å². The van der Waals surface area contributed by atoms with Crippen molar-refractivity contribution in [1.29, 1.82) is 0 Å². The molecule has 1 aromatic heterocycles. The number of hydrogen-bond acceptors (Lipinski definition) is 4. The van der Waals surface area contributed by atoms with E-state index in [-0.39, 0.29) is 29.0 Å². The van der Waals surface area contributed by atoms with Gasteiger partial charge in [0, 0.05) is 12.6 Å². The lowest BCUT2D eigenvalue weighted by molar-refractivity contribution is 0.526. The third-order valence-electron chi connectivity index (χ3n) is 4.92. The van der Waals surface area contributed by atoms with E-state index in [0.29, 0.717) is 0 Å². The second-order valence-electron chi connectivity index (χ2n) is 8.06. The average molecular weight is 390 g/mol. The minimum Gasteiger partial charge on any atom is -0.268 e. The first-order chi connectivity index (χ1) is 12.7. The molecule has 0 saturated heterocycles. The maximum absolute atomic E-state index is 12.5. The summed E-state index contributed by atoms with van der Waals surface area (Å²) >= 11 is 0. The first kappa shape index (κ1) is 19.8. The van der Waals surface area contributed by atoms with Gasteiger partial charge in [0.25, 0.3) is 5.56 Å². The smallest absolute Gasteiger partial charge is 0.267 e. The van der Waals surface area contributed by atoms with Crippen molar-refractivity contribution >= 4 is 10.0 Å². The third-order valence-corrected chi connectivity index (χ3v) is 6.40. The molecule has 1 heterocycles. The van der Waals surface area contributed by atoms with E-state index in [4.69, 9.17) is 0 Å². The molecule has 1 aliphatic carbocycles. The highest BCUT2D eigenvalue weighted by Gasteiger charge is 2.18. The normalized spacial score (nSPS) is 14.8. The molecule has 2 aromatic rings. The largest absolute Gasteiger partial charge is 0.268 e. The van der Waals surface area contributed by atoms with Crippen molar-refractivity contribution < 1.29 is 8.42 Å². The molecular weight excluding hydrogens is 362 g/mol. The standard InChI is InChI=1S/C20H27N3O3S/c1-20(2,3)16-8-10-17(11-9-16)27(25,26)21-12-13-23-19(24)14-15-6-4-5-7-18(15)22-23/h8-11,14,21H,4-7,12-13H2,1-3H3. The van der Waals surface area contributed by atoms with Crippen LogP contribution in [0, 0.1) is 0 Å². The summed E-state index contributed by atoms with van der Waals surface area (Å²) in [7, 11) is -3.62. The summed E-state index contributed by atoms with van der Waals surface area (Å²) in [5, 5.41) is 4.41. The van der Waals surface area contributed by atoms with Gasteiger partial charge in [-0.25, -0.2) is 17.8 Å². The van der Waals surface area contributed by atoms with Gasteiger partial charge >= 0.3 is 0 Å². The molecule has 1 N–H and O–H groups in total. The molecule has 0 aliphatic heterocycles. The first-order valence-electron chi connectivity index (χ1n) is 9.37. The lowest BCUT2D eigenvalue weighted by Gasteiger charge is -2.19. The van der Waals surface area contributed by atoms with Crippen molar-refractivity contribution in [1.82, 2.24) is 14.5 Å². The Bertz CT molecular complexity index is 971. The second kappa shape index (κ2) is 7.56. The Morgan fingerprint density at radius 2 is 1.78 bits per heavy atom. The van der Waals surface area contributed by atoms with Crippen LogP contribution < -0.4 is 10.3 Å². The summed E-state index contributed by atoms with van der Waals surface area (Å²) in [6.45, 7) is 6.58. The second-order valence-corrected chi connectivity index (χ2v) is 9.82. The Kier molecular flexibility index (Phi) is 5.53. The Morgan fingerprint density at radius 1 is 1.11 bits per heavy atom. The molecule has 0 saturated carbocycles. The Morgan fingerprint density at radius 3 is 2.44 bits per heavy atom. The van der Waals surface area contributed by atoms with E-state index in [1.807, 2.05) is 12.1 Å². The van der Waals surface area contributed by atoms with Crippen LogP contribution in [0.2, 0.25) is 0 Å². The van der Waals surface area contributed by atoms with E-state index in [1.54, 1.807) is 18.2 Å². The predicted molar refractivity (Wildman–Crippen MR) is 105 cm³/mol. The van der Waals surface area contributed by atoms with E-state index in [1.165, 1.54) is 4.68 Å². The highest BCUT2D eigenvalue weighted by molar-refractivity contribution is 7.89. The summed E-state index contributed by atoms with van der Waals surface area (Å²) < 4.78 is 28.9. The number of fused-ring (bicyclic) bond motifs is 1. The lowest BCUT2D eigenvalue weighted by Crippen LogP contribution is -2.33. The minimum atomic E-state index is -3.62. The van der Waals surface area contributed by atoms with Gasteiger partial charge in [-0.05, 0) is 54.4 Å². The monoisotopic (exact) mass is 389 g/mol. The average Bonchev–Trinajstić information content (AvgIpc) is 2.61. The van der Waals surface area contributed by atoms with Crippen LogP contribution in [0.15, 0.2) is 40.0 Å². The fourth-order valence-corrected chi connectivity index (χ4v) is 4.29. The van der Waals surface area contributed by atoms with Crippen molar-refractivity contribution in [3.8, 4) is 0 Å². The van der Waals surface area contributed by atoms with Gasteiger partial charge in [0.1, 0.15) is 0 Å². The molecule has 6 nitrogen and oxygen atoms in total. The fourth-order valence-electron chi connectivity index (χ4n) is 3.26. The summed E-state index contributed by atoms with van der Waals surface area (Å²) in [5.41, 5.74) is 2.86. The molecule has 0 radical (unpaired) electrons. The first-order valence-corrected chi connectivity index (χ1v) is 10.9. The van der Waals surface area contributed by atoms with Crippen LogP contribution in [0.4, 0.5) is 0 Å². The van der Waals surface area contributed by atoms with Crippen molar-refractivity contribution in [3.05, 3.63) is 57.5 Å². The molecule has 1 aromatic carbocycles. The molecule has 0 spiro atoms. The topological polar surface area (TPSA) is 81.1 Å². The van der Waals surface area contributed by atoms with Gasteiger partial charge in [-0.1, -0.05) is 32.9 Å². The third kappa shape index (κ3) is 4.65. The fraction of sp³-hybridized carbons (Fsp3) is 0.500. The summed E-state index contributed by atoms with van der Waals surface area (Å²) in [4.78, 5) is 12.4. The number of nitrogens with zero attached hydrogens (tertiary/aromatic N) is 2. The molecule has 0 bridgehead atoms. The highest BCUT2D eigenvalue weighted by Crippen LogP contribution is 2.23. The van der Waals surface area contributed by atoms with Crippen molar-refractivity contribution in [2.75, 3.05) is 6.54 Å².